The van der Waals surface area contributed by atoms with E-state index in [0.717, 1.165) is 0 Å². The summed E-state index contributed by atoms with van der Waals surface area (Å²) < 4.78 is 5.06. The van der Waals surface area contributed by atoms with Gasteiger partial charge in [0, 0.05) is 19.7 Å². The van der Waals surface area contributed by atoms with E-state index in [-0.39, 0.29) is 0 Å². The van der Waals surface area contributed by atoms with Crippen LogP contribution in [0.15, 0.2) is 29.4 Å². The SMILES string of the molecule is CNC(=O)O/N=C(\C)c1ccccc1OC(=O)NC. The second-order valence-electron chi connectivity index (χ2n) is 3.44. The number of rotatable bonds is 3. The van der Waals surface area contributed by atoms with Gasteiger partial charge in [-0.2, -0.15) is 0 Å². The lowest BCUT2D eigenvalue weighted by molar-refractivity contribution is 0.153. The van der Waals surface area contributed by atoms with Gasteiger partial charge in [0.15, 0.2) is 0 Å². The van der Waals surface area contributed by atoms with Crippen LogP contribution in [0.4, 0.5) is 9.59 Å². The molecule has 2 N–H and O–H groups in total. The zero-order chi connectivity index (χ0) is 14.3. The number of hydrogen-bond acceptors (Lipinski definition) is 5. The molecule has 0 fully saturated rings. The molecule has 0 saturated carbocycles. The largest absolute Gasteiger partial charge is 0.433 e. The van der Waals surface area contributed by atoms with E-state index in [2.05, 4.69) is 20.6 Å². The van der Waals surface area contributed by atoms with E-state index in [1.807, 2.05) is 0 Å². The van der Waals surface area contributed by atoms with Crippen LogP contribution in [-0.4, -0.2) is 32.0 Å². The number of nitrogens with one attached hydrogen (secondary N) is 2. The molecule has 0 bridgehead atoms. The molecule has 1 aromatic rings. The topological polar surface area (TPSA) is 89.0 Å². The Morgan fingerprint density at radius 3 is 2.37 bits per heavy atom. The first-order valence-corrected chi connectivity index (χ1v) is 5.50. The number of para-hydroxylation sites is 1. The fraction of sp³-hybridized carbons (Fsp3) is 0.250. The molecule has 1 rings (SSSR count). The van der Waals surface area contributed by atoms with Gasteiger partial charge in [0.05, 0.1) is 5.71 Å². The number of benzene rings is 1. The Morgan fingerprint density at radius 2 is 1.74 bits per heavy atom. The van der Waals surface area contributed by atoms with Crippen LogP contribution in [0.3, 0.4) is 0 Å². The first kappa shape index (κ1) is 14.5. The highest BCUT2D eigenvalue weighted by Gasteiger charge is 2.10. The summed E-state index contributed by atoms with van der Waals surface area (Å²) in [6.07, 6.45) is -1.27. The number of carbonyl (C=O) groups excluding carboxylic acids is 2. The van der Waals surface area contributed by atoms with Gasteiger partial charge in [-0.05, 0) is 19.1 Å². The van der Waals surface area contributed by atoms with Crippen LogP contribution < -0.4 is 15.4 Å². The number of carbonyl (C=O) groups is 2. The fourth-order valence-electron chi connectivity index (χ4n) is 1.21. The highest BCUT2D eigenvalue weighted by atomic mass is 16.7. The van der Waals surface area contributed by atoms with Crippen LogP contribution >= 0.6 is 0 Å². The van der Waals surface area contributed by atoms with Crippen molar-refractivity contribution in [1.82, 2.24) is 10.6 Å². The average Bonchev–Trinajstić information content (AvgIpc) is 2.44. The normalized spacial score (nSPS) is 10.6. The van der Waals surface area contributed by atoms with Crippen molar-refractivity contribution in [2.75, 3.05) is 14.1 Å². The van der Waals surface area contributed by atoms with Crippen molar-refractivity contribution in [1.29, 1.82) is 0 Å². The van der Waals surface area contributed by atoms with Crippen molar-refractivity contribution in [3.63, 3.8) is 0 Å². The fourth-order valence-corrected chi connectivity index (χ4v) is 1.21. The van der Waals surface area contributed by atoms with Gasteiger partial charge in [0.1, 0.15) is 5.75 Å². The zero-order valence-electron chi connectivity index (χ0n) is 10.9. The third-order valence-corrected chi connectivity index (χ3v) is 2.15. The minimum atomic E-state index is -0.677. The molecule has 0 aliphatic heterocycles. The minimum Gasteiger partial charge on any atom is -0.410 e. The smallest absolute Gasteiger partial charge is 0.410 e. The van der Waals surface area contributed by atoms with Crippen molar-refractivity contribution in [2.24, 2.45) is 5.16 Å². The van der Waals surface area contributed by atoms with Crippen LogP contribution in [-0.2, 0) is 4.84 Å². The van der Waals surface area contributed by atoms with Gasteiger partial charge in [-0.3, -0.25) is 4.84 Å². The first-order valence-electron chi connectivity index (χ1n) is 5.50. The van der Waals surface area contributed by atoms with E-state index in [1.165, 1.54) is 14.1 Å². The van der Waals surface area contributed by atoms with Gasteiger partial charge in [-0.25, -0.2) is 9.59 Å². The molecule has 0 aromatic heterocycles. The van der Waals surface area contributed by atoms with Crippen LogP contribution in [0, 0.1) is 0 Å². The van der Waals surface area contributed by atoms with Crippen molar-refractivity contribution in [3.05, 3.63) is 29.8 Å². The Bertz CT molecular complexity index is 500. The van der Waals surface area contributed by atoms with E-state index < -0.39 is 12.2 Å². The lowest BCUT2D eigenvalue weighted by atomic mass is 10.1. The third-order valence-electron chi connectivity index (χ3n) is 2.15. The molecule has 2 amide bonds. The van der Waals surface area contributed by atoms with Crippen molar-refractivity contribution >= 4 is 17.9 Å². The minimum absolute atomic E-state index is 0.323. The van der Waals surface area contributed by atoms with Gasteiger partial charge in [-0.15, -0.1) is 0 Å². The van der Waals surface area contributed by atoms with Crippen LogP contribution in [0.5, 0.6) is 5.75 Å². The molecule has 0 spiro atoms. The number of oxime groups is 1. The van der Waals surface area contributed by atoms with E-state index in [4.69, 9.17) is 4.74 Å². The Kier molecular flexibility index (Phi) is 5.34. The van der Waals surface area contributed by atoms with Crippen LogP contribution in [0.1, 0.15) is 12.5 Å². The van der Waals surface area contributed by atoms with Crippen molar-refractivity contribution in [2.45, 2.75) is 6.92 Å². The maximum atomic E-state index is 11.2. The van der Waals surface area contributed by atoms with Crippen LogP contribution in [0.25, 0.3) is 0 Å². The Balaban J connectivity index is 2.93. The summed E-state index contributed by atoms with van der Waals surface area (Å²) >= 11 is 0. The first-order chi connectivity index (χ1) is 9.08. The number of hydrogen-bond donors (Lipinski definition) is 2. The number of nitrogens with zero attached hydrogens (tertiary/aromatic N) is 1. The molecule has 102 valence electrons. The van der Waals surface area contributed by atoms with Gasteiger partial charge >= 0.3 is 12.2 Å². The summed E-state index contributed by atoms with van der Waals surface area (Å²) in [7, 11) is 2.89. The van der Waals surface area contributed by atoms with Gasteiger partial charge in [0.25, 0.3) is 0 Å². The molecule has 19 heavy (non-hydrogen) atoms. The molecule has 0 aliphatic carbocycles. The molecule has 0 atom stereocenters. The highest BCUT2D eigenvalue weighted by Crippen LogP contribution is 2.19. The standard InChI is InChI=1S/C12H15N3O4/c1-8(15-19-12(17)14-3)9-6-4-5-7-10(9)18-11(16)13-2/h4-7H,1-3H3,(H,13,16)(H,14,17)/b15-8+. The van der Waals surface area contributed by atoms with E-state index in [9.17, 15) is 9.59 Å². The highest BCUT2D eigenvalue weighted by molar-refractivity contribution is 6.01. The molecular formula is C12H15N3O4. The summed E-state index contributed by atoms with van der Waals surface area (Å²) in [5.41, 5.74) is 0.957. The summed E-state index contributed by atoms with van der Waals surface area (Å²) in [5, 5.41) is 8.26. The lowest BCUT2D eigenvalue weighted by Gasteiger charge is -2.08. The predicted molar refractivity (Wildman–Crippen MR) is 69.3 cm³/mol. The maximum absolute atomic E-state index is 11.2. The molecule has 0 aliphatic rings. The Labute approximate surface area is 110 Å². The molecule has 0 saturated heterocycles. The number of ether oxygens (including phenoxy) is 1. The quantitative estimate of drug-likeness (QED) is 0.492. The third kappa shape index (κ3) is 4.30. The summed E-state index contributed by atoms with van der Waals surface area (Å²) in [4.78, 5) is 26.7. The van der Waals surface area contributed by atoms with Gasteiger partial charge in [-0.1, -0.05) is 17.3 Å². The Hall–Kier alpha value is -2.57. The second-order valence-corrected chi connectivity index (χ2v) is 3.44. The van der Waals surface area contributed by atoms with Gasteiger partial charge < -0.3 is 15.4 Å². The molecule has 7 heteroatoms. The molecular weight excluding hydrogens is 250 g/mol. The maximum Gasteiger partial charge on any atom is 0.433 e. The molecule has 7 nitrogen and oxygen atoms in total. The Morgan fingerprint density at radius 1 is 1.11 bits per heavy atom. The molecule has 0 heterocycles. The van der Waals surface area contributed by atoms with Crippen molar-refractivity contribution in [3.8, 4) is 5.75 Å². The van der Waals surface area contributed by atoms with E-state index in [1.54, 1.807) is 31.2 Å². The monoisotopic (exact) mass is 265 g/mol. The van der Waals surface area contributed by atoms with E-state index >= 15 is 0 Å². The van der Waals surface area contributed by atoms with Crippen LogP contribution in [0.2, 0.25) is 0 Å². The molecule has 0 radical (unpaired) electrons. The van der Waals surface area contributed by atoms with Gasteiger partial charge in [0.2, 0.25) is 0 Å². The predicted octanol–water partition coefficient (Wildman–Crippen LogP) is 1.48. The van der Waals surface area contributed by atoms with E-state index in [0.29, 0.717) is 17.0 Å². The summed E-state index contributed by atoms with van der Waals surface area (Å²) in [6.45, 7) is 1.63. The average molecular weight is 265 g/mol. The summed E-state index contributed by atoms with van der Waals surface area (Å²) in [6, 6.07) is 6.79. The number of amides is 2. The lowest BCUT2D eigenvalue weighted by Crippen LogP contribution is -2.23. The summed E-state index contributed by atoms with van der Waals surface area (Å²) in [5.74, 6) is 0.323. The zero-order valence-corrected chi connectivity index (χ0v) is 10.9. The molecule has 0 unspecified atom stereocenters. The molecule has 1 aromatic carbocycles. The van der Waals surface area contributed by atoms with Crippen molar-refractivity contribution < 1.29 is 19.2 Å². The second kappa shape index (κ2) is 7.00.